The predicted molar refractivity (Wildman–Crippen MR) is 107 cm³/mol. The standard InChI is InChI=1S/C22H28N2O3/c1-16-7-13-19(14-8-16)27-15-5-6-20(25)23-24-21(26)17-9-11-18(12-10-17)22(2,3)4/h7-14H,5-6,15H2,1-4H3,(H,23,25)(H,24,26). The first-order chi connectivity index (χ1) is 12.8. The van der Waals surface area contributed by atoms with Gasteiger partial charge in [0.15, 0.2) is 0 Å². The number of hydrogen-bond donors (Lipinski definition) is 2. The van der Waals surface area contributed by atoms with Crippen molar-refractivity contribution in [3.05, 3.63) is 65.2 Å². The Morgan fingerprint density at radius 1 is 0.926 bits per heavy atom. The molecule has 2 aromatic rings. The Morgan fingerprint density at radius 2 is 1.56 bits per heavy atom. The van der Waals surface area contributed by atoms with Gasteiger partial charge in [-0.2, -0.15) is 0 Å². The number of rotatable bonds is 6. The molecular formula is C22H28N2O3. The van der Waals surface area contributed by atoms with E-state index in [9.17, 15) is 9.59 Å². The number of carbonyl (C=O) groups is 2. The molecule has 0 bridgehead atoms. The van der Waals surface area contributed by atoms with Crippen LogP contribution >= 0.6 is 0 Å². The number of hydrazine groups is 1. The smallest absolute Gasteiger partial charge is 0.269 e. The zero-order chi connectivity index (χ0) is 19.9. The minimum absolute atomic E-state index is 0.0316. The van der Waals surface area contributed by atoms with Crippen LogP contribution in [0.3, 0.4) is 0 Å². The third kappa shape index (κ3) is 6.77. The Morgan fingerprint density at radius 3 is 2.15 bits per heavy atom. The summed E-state index contributed by atoms with van der Waals surface area (Å²) in [7, 11) is 0. The molecule has 5 heteroatoms. The molecule has 5 nitrogen and oxygen atoms in total. The molecule has 0 aliphatic carbocycles. The van der Waals surface area contributed by atoms with Crippen LogP contribution in [0.25, 0.3) is 0 Å². The molecule has 0 saturated carbocycles. The lowest BCUT2D eigenvalue weighted by Crippen LogP contribution is -2.41. The Labute approximate surface area is 161 Å². The van der Waals surface area contributed by atoms with Gasteiger partial charge in [-0.3, -0.25) is 20.4 Å². The first kappa shape index (κ1) is 20.5. The molecule has 0 spiro atoms. The van der Waals surface area contributed by atoms with Crippen LogP contribution in [0, 0.1) is 6.92 Å². The van der Waals surface area contributed by atoms with Crippen molar-refractivity contribution in [1.82, 2.24) is 10.9 Å². The highest BCUT2D eigenvalue weighted by Crippen LogP contribution is 2.22. The Bertz CT molecular complexity index is 760. The van der Waals surface area contributed by atoms with Crippen molar-refractivity contribution >= 4 is 11.8 Å². The number of hydrogen-bond acceptors (Lipinski definition) is 3. The summed E-state index contributed by atoms with van der Waals surface area (Å²) < 4.78 is 5.58. The summed E-state index contributed by atoms with van der Waals surface area (Å²) in [6.45, 7) is 8.81. The minimum Gasteiger partial charge on any atom is -0.494 e. The molecule has 0 saturated heterocycles. The Hall–Kier alpha value is -2.82. The second kappa shape index (κ2) is 9.21. The van der Waals surface area contributed by atoms with Gasteiger partial charge in [-0.1, -0.05) is 50.6 Å². The van der Waals surface area contributed by atoms with Crippen molar-refractivity contribution in [2.24, 2.45) is 0 Å². The van der Waals surface area contributed by atoms with Gasteiger partial charge in [-0.15, -0.1) is 0 Å². The average molecular weight is 368 g/mol. The lowest BCUT2D eigenvalue weighted by molar-refractivity contribution is -0.122. The van der Waals surface area contributed by atoms with Crippen LogP contribution in [-0.4, -0.2) is 18.4 Å². The zero-order valence-electron chi connectivity index (χ0n) is 16.5. The SMILES string of the molecule is Cc1ccc(OCCCC(=O)NNC(=O)c2ccc(C(C)(C)C)cc2)cc1. The average Bonchev–Trinajstić information content (AvgIpc) is 2.64. The number of aryl methyl sites for hydroxylation is 1. The van der Waals surface area contributed by atoms with Gasteiger partial charge in [0.1, 0.15) is 5.75 Å². The topological polar surface area (TPSA) is 67.4 Å². The fraction of sp³-hybridized carbons (Fsp3) is 0.364. The fourth-order valence-electron chi connectivity index (χ4n) is 2.44. The predicted octanol–water partition coefficient (Wildman–Crippen LogP) is 3.91. The van der Waals surface area contributed by atoms with Crippen LogP contribution in [0.15, 0.2) is 48.5 Å². The van der Waals surface area contributed by atoms with Crippen LogP contribution in [0.2, 0.25) is 0 Å². The van der Waals surface area contributed by atoms with E-state index < -0.39 is 0 Å². The largest absolute Gasteiger partial charge is 0.494 e. The van der Waals surface area contributed by atoms with Gasteiger partial charge in [-0.25, -0.2) is 0 Å². The summed E-state index contributed by atoms with van der Waals surface area (Å²) in [5.74, 6) is 0.204. The van der Waals surface area contributed by atoms with E-state index in [1.807, 2.05) is 43.3 Å². The van der Waals surface area contributed by atoms with Crippen molar-refractivity contribution in [3.8, 4) is 5.75 Å². The Kier molecular flexibility index (Phi) is 6.99. The summed E-state index contributed by atoms with van der Waals surface area (Å²) in [6, 6.07) is 15.1. The zero-order valence-corrected chi connectivity index (χ0v) is 16.5. The van der Waals surface area contributed by atoms with Crippen LogP contribution in [0.1, 0.15) is 55.1 Å². The van der Waals surface area contributed by atoms with Gasteiger partial charge in [0.05, 0.1) is 6.61 Å². The first-order valence-corrected chi connectivity index (χ1v) is 9.15. The quantitative estimate of drug-likeness (QED) is 0.600. The fourth-order valence-corrected chi connectivity index (χ4v) is 2.44. The second-order valence-electron chi connectivity index (χ2n) is 7.59. The second-order valence-corrected chi connectivity index (χ2v) is 7.59. The van der Waals surface area contributed by atoms with Crippen molar-refractivity contribution in [3.63, 3.8) is 0 Å². The van der Waals surface area contributed by atoms with E-state index in [0.717, 1.165) is 11.3 Å². The van der Waals surface area contributed by atoms with Crippen molar-refractivity contribution in [2.45, 2.75) is 46.0 Å². The lowest BCUT2D eigenvalue weighted by atomic mass is 9.87. The summed E-state index contributed by atoms with van der Waals surface area (Å²) in [4.78, 5) is 23.9. The van der Waals surface area contributed by atoms with Gasteiger partial charge in [0.2, 0.25) is 5.91 Å². The molecule has 0 aromatic heterocycles. The monoisotopic (exact) mass is 368 g/mol. The molecule has 0 unspecified atom stereocenters. The molecule has 2 aromatic carbocycles. The van der Waals surface area contributed by atoms with Crippen molar-refractivity contribution < 1.29 is 14.3 Å². The maximum atomic E-state index is 12.1. The molecule has 144 valence electrons. The molecule has 0 atom stereocenters. The number of nitrogens with one attached hydrogen (secondary N) is 2. The van der Waals surface area contributed by atoms with E-state index in [1.165, 1.54) is 5.56 Å². The Balaban J connectivity index is 1.68. The number of amides is 2. The van der Waals surface area contributed by atoms with E-state index in [2.05, 4.69) is 31.6 Å². The molecule has 0 aliphatic rings. The molecule has 2 amide bonds. The first-order valence-electron chi connectivity index (χ1n) is 9.15. The maximum Gasteiger partial charge on any atom is 0.269 e. The molecule has 2 N–H and O–H groups in total. The molecular weight excluding hydrogens is 340 g/mol. The summed E-state index contributed by atoms with van der Waals surface area (Å²) >= 11 is 0. The highest BCUT2D eigenvalue weighted by Gasteiger charge is 2.14. The van der Waals surface area contributed by atoms with E-state index in [0.29, 0.717) is 18.6 Å². The highest BCUT2D eigenvalue weighted by atomic mass is 16.5. The number of ether oxygens (including phenoxy) is 1. The van der Waals surface area contributed by atoms with E-state index in [-0.39, 0.29) is 23.7 Å². The minimum atomic E-state index is -0.334. The van der Waals surface area contributed by atoms with Crippen LogP contribution in [0.4, 0.5) is 0 Å². The summed E-state index contributed by atoms with van der Waals surface area (Å²) in [5, 5.41) is 0. The third-order valence-corrected chi connectivity index (χ3v) is 4.17. The molecule has 0 fully saturated rings. The third-order valence-electron chi connectivity index (χ3n) is 4.17. The summed E-state index contributed by atoms with van der Waals surface area (Å²) in [6.07, 6.45) is 0.838. The van der Waals surface area contributed by atoms with Crippen LogP contribution < -0.4 is 15.6 Å². The molecule has 27 heavy (non-hydrogen) atoms. The molecule has 0 heterocycles. The van der Waals surface area contributed by atoms with Gasteiger partial charge in [0, 0.05) is 12.0 Å². The van der Waals surface area contributed by atoms with Crippen molar-refractivity contribution in [2.75, 3.05) is 6.61 Å². The summed E-state index contributed by atoms with van der Waals surface area (Å²) in [5.41, 5.74) is 7.74. The van der Waals surface area contributed by atoms with Gasteiger partial charge in [0.25, 0.3) is 5.91 Å². The van der Waals surface area contributed by atoms with Crippen LogP contribution in [-0.2, 0) is 10.2 Å². The van der Waals surface area contributed by atoms with E-state index in [4.69, 9.17) is 4.74 Å². The molecule has 0 aliphatic heterocycles. The lowest BCUT2D eigenvalue weighted by Gasteiger charge is -2.19. The maximum absolute atomic E-state index is 12.1. The van der Waals surface area contributed by atoms with Crippen LogP contribution in [0.5, 0.6) is 5.75 Å². The van der Waals surface area contributed by atoms with Crippen molar-refractivity contribution in [1.29, 1.82) is 0 Å². The normalized spacial score (nSPS) is 11.0. The van der Waals surface area contributed by atoms with Gasteiger partial charge >= 0.3 is 0 Å². The van der Waals surface area contributed by atoms with Gasteiger partial charge in [-0.05, 0) is 48.6 Å². The molecule has 0 radical (unpaired) electrons. The highest BCUT2D eigenvalue weighted by molar-refractivity contribution is 5.95. The van der Waals surface area contributed by atoms with Gasteiger partial charge < -0.3 is 4.74 Å². The van der Waals surface area contributed by atoms with E-state index in [1.54, 1.807) is 12.1 Å². The number of carbonyl (C=O) groups excluding carboxylic acids is 2. The number of benzene rings is 2. The molecule has 2 rings (SSSR count). The van der Waals surface area contributed by atoms with E-state index >= 15 is 0 Å².